The van der Waals surface area contributed by atoms with Crippen LogP contribution in [0, 0.1) is 0 Å². The van der Waals surface area contributed by atoms with Gasteiger partial charge in [0.2, 0.25) is 11.8 Å². The van der Waals surface area contributed by atoms with Gasteiger partial charge in [-0.25, -0.2) is 4.79 Å². The topological polar surface area (TPSA) is 108 Å². The molecule has 2 atom stereocenters. The summed E-state index contributed by atoms with van der Waals surface area (Å²) in [6.07, 6.45) is 1.31. The second kappa shape index (κ2) is 10.4. The molecule has 1 N–H and O–H groups in total. The van der Waals surface area contributed by atoms with Gasteiger partial charge in [0.25, 0.3) is 5.91 Å². The molecule has 3 heterocycles. The first-order valence-electron chi connectivity index (χ1n) is 12.8. The van der Waals surface area contributed by atoms with Crippen LogP contribution in [0.1, 0.15) is 35.1 Å². The van der Waals surface area contributed by atoms with Crippen molar-refractivity contribution in [2.75, 3.05) is 27.8 Å². The van der Waals surface area contributed by atoms with Crippen LogP contribution in [0.3, 0.4) is 0 Å². The van der Waals surface area contributed by atoms with Gasteiger partial charge in [0, 0.05) is 45.9 Å². The van der Waals surface area contributed by atoms with Crippen LogP contribution < -0.4 is 14.8 Å². The number of nitrogens with one attached hydrogen (secondary N) is 1. The molecule has 0 saturated carbocycles. The minimum absolute atomic E-state index is 0.131. The molecule has 0 aromatic heterocycles. The molecule has 2 aromatic rings. The average molecular weight is 521 g/mol. The van der Waals surface area contributed by atoms with E-state index in [1.54, 1.807) is 31.1 Å². The van der Waals surface area contributed by atoms with E-state index in [2.05, 4.69) is 5.32 Å². The Hall–Kier alpha value is -4.08. The lowest BCUT2D eigenvalue weighted by molar-refractivity contribution is -0.141. The highest BCUT2D eigenvalue weighted by atomic mass is 16.5. The number of urea groups is 1. The van der Waals surface area contributed by atoms with Gasteiger partial charge in [-0.15, -0.1) is 0 Å². The highest BCUT2D eigenvalue weighted by Gasteiger charge is 2.47. The number of amides is 5. The first-order valence-corrected chi connectivity index (χ1v) is 12.8. The summed E-state index contributed by atoms with van der Waals surface area (Å²) in [5, 5.41) is 2.66. The van der Waals surface area contributed by atoms with Crippen LogP contribution in [-0.4, -0.2) is 78.3 Å². The summed E-state index contributed by atoms with van der Waals surface area (Å²) in [4.78, 5) is 56.6. The van der Waals surface area contributed by atoms with Crippen molar-refractivity contribution in [1.29, 1.82) is 0 Å². The summed E-state index contributed by atoms with van der Waals surface area (Å²) in [7, 11) is 4.68. The van der Waals surface area contributed by atoms with Crippen molar-refractivity contribution in [1.82, 2.24) is 20.0 Å². The largest absolute Gasteiger partial charge is 0.493 e. The van der Waals surface area contributed by atoms with Crippen molar-refractivity contribution in [3.63, 3.8) is 0 Å². The minimum Gasteiger partial charge on any atom is -0.493 e. The molecule has 5 rings (SSSR count). The second-order valence-corrected chi connectivity index (χ2v) is 9.82. The predicted molar refractivity (Wildman–Crippen MR) is 137 cm³/mol. The van der Waals surface area contributed by atoms with Crippen molar-refractivity contribution in [3.05, 3.63) is 58.7 Å². The van der Waals surface area contributed by atoms with Gasteiger partial charge >= 0.3 is 6.03 Å². The van der Waals surface area contributed by atoms with Gasteiger partial charge in [-0.05, 0) is 40.8 Å². The van der Waals surface area contributed by atoms with E-state index in [4.69, 9.17) is 9.47 Å². The Morgan fingerprint density at radius 2 is 1.63 bits per heavy atom. The molecular weight excluding hydrogens is 488 g/mol. The fraction of sp³-hybridized carbons (Fsp3) is 0.429. The van der Waals surface area contributed by atoms with E-state index in [9.17, 15) is 19.2 Å². The van der Waals surface area contributed by atoms with E-state index >= 15 is 0 Å². The molecule has 0 spiro atoms. The number of benzene rings is 2. The Labute approximate surface area is 221 Å². The molecule has 1 saturated heterocycles. The van der Waals surface area contributed by atoms with E-state index in [1.807, 2.05) is 36.4 Å². The Morgan fingerprint density at radius 3 is 2.32 bits per heavy atom. The SMILES string of the molecule is CNC(=O)C1Cc2ccccc2CN1C(=O)CCCN1C(=O)C2Cc3cc(OC)c(OC)cc3CN2C1=O. The summed E-state index contributed by atoms with van der Waals surface area (Å²) in [6, 6.07) is 10.0. The normalized spacial score (nSPS) is 20.0. The van der Waals surface area contributed by atoms with Crippen LogP contribution in [0.4, 0.5) is 4.79 Å². The molecule has 10 nitrogen and oxygen atoms in total. The quantitative estimate of drug-likeness (QED) is 0.559. The van der Waals surface area contributed by atoms with Gasteiger partial charge in [0.1, 0.15) is 12.1 Å². The second-order valence-electron chi connectivity index (χ2n) is 9.82. The smallest absolute Gasteiger partial charge is 0.327 e. The number of ether oxygens (including phenoxy) is 2. The van der Waals surface area contributed by atoms with Crippen LogP contribution in [0.2, 0.25) is 0 Å². The monoisotopic (exact) mass is 520 g/mol. The predicted octanol–water partition coefficient (Wildman–Crippen LogP) is 1.87. The zero-order chi connectivity index (χ0) is 27.0. The third-order valence-electron chi connectivity index (χ3n) is 7.75. The number of carbonyl (C=O) groups excluding carboxylic acids is 4. The number of fused-ring (bicyclic) bond motifs is 3. The summed E-state index contributed by atoms with van der Waals surface area (Å²) >= 11 is 0. The zero-order valence-electron chi connectivity index (χ0n) is 21.9. The third kappa shape index (κ3) is 4.44. The molecule has 2 unspecified atom stereocenters. The van der Waals surface area contributed by atoms with Gasteiger partial charge in [-0.1, -0.05) is 24.3 Å². The van der Waals surface area contributed by atoms with E-state index in [1.165, 1.54) is 4.90 Å². The lowest BCUT2D eigenvalue weighted by Crippen LogP contribution is -2.52. The third-order valence-corrected chi connectivity index (χ3v) is 7.75. The maximum absolute atomic E-state index is 13.2. The molecule has 3 aliphatic heterocycles. The molecule has 200 valence electrons. The first-order chi connectivity index (χ1) is 18.4. The molecule has 0 aliphatic carbocycles. The van der Waals surface area contributed by atoms with Gasteiger partial charge in [-0.3, -0.25) is 19.3 Å². The molecule has 10 heteroatoms. The number of methoxy groups -OCH3 is 2. The molecule has 38 heavy (non-hydrogen) atoms. The average Bonchev–Trinajstić information content (AvgIpc) is 3.17. The molecule has 0 radical (unpaired) electrons. The Balaban J connectivity index is 1.24. The summed E-state index contributed by atoms with van der Waals surface area (Å²) in [5.41, 5.74) is 3.96. The first kappa shape index (κ1) is 25.6. The Kier molecular flexibility index (Phi) is 6.96. The molecule has 2 aromatic carbocycles. The number of nitrogens with zero attached hydrogens (tertiary/aromatic N) is 3. The molecule has 0 bridgehead atoms. The van der Waals surface area contributed by atoms with Crippen molar-refractivity contribution in [2.24, 2.45) is 0 Å². The van der Waals surface area contributed by atoms with E-state index < -0.39 is 12.1 Å². The molecule has 3 aliphatic rings. The highest BCUT2D eigenvalue weighted by molar-refractivity contribution is 6.04. The molecular formula is C28H32N4O6. The Morgan fingerprint density at radius 1 is 0.947 bits per heavy atom. The number of imide groups is 1. The van der Waals surface area contributed by atoms with Crippen LogP contribution in [0.15, 0.2) is 36.4 Å². The molecule has 5 amide bonds. The summed E-state index contributed by atoms with van der Waals surface area (Å²) in [5.74, 6) is 0.535. The number of likely N-dealkylation sites (N-methyl/N-ethyl adjacent to an activating group) is 1. The summed E-state index contributed by atoms with van der Waals surface area (Å²) < 4.78 is 10.8. The summed E-state index contributed by atoms with van der Waals surface area (Å²) in [6.45, 7) is 0.811. The fourth-order valence-electron chi connectivity index (χ4n) is 5.69. The maximum atomic E-state index is 13.2. The van der Waals surface area contributed by atoms with Crippen molar-refractivity contribution < 1.29 is 28.7 Å². The minimum atomic E-state index is -0.584. The standard InChI is InChI=1S/C28H32N4O6/c1-29-26(34)21-11-17-7-4-5-8-18(17)15-31(21)25(33)9-6-10-30-27(35)22-12-19-13-23(37-2)24(38-3)14-20(19)16-32(22)28(30)36/h4-5,7-8,13-14,21-22H,6,9-12,15-16H2,1-3H3,(H,29,34). The van der Waals surface area contributed by atoms with Crippen LogP contribution in [0.5, 0.6) is 11.5 Å². The number of hydrogen-bond donors (Lipinski definition) is 1. The zero-order valence-corrected chi connectivity index (χ0v) is 21.9. The van der Waals surface area contributed by atoms with E-state index in [-0.39, 0.29) is 36.7 Å². The van der Waals surface area contributed by atoms with Gasteiger partial charge < -0.3 is 24.6 Å². The fourth-order valence-corrected chi connectivity index (χ4v) is 5.69. The molecule has 1 fully saturated rings. The van der Waals surface area contributed by atoms with Crippen molar-refractivity contribution in [2.45, 2.75) is 50.9 Å². The number of hydrogen-bond acceptors (Lipinski definition) is 6. The van der Waals surface area contributed by atoms with E-state index in [0.29, 0.717) is 43.9 Å². The lowest BCUT2D eigenvalue weighted by Gasteiger charge is -2.36. The van der Waals surface area contributed by atoms with Gasteiger partial charge in [-0.2, -0.15) is 0 Å². The Bertz CT molecular complexity index is 1240. The van der Waals surface area contributed by atoms with Crippen molar-refractivity contribution >= 4 is 23.8 Å². The maximum Gasteiger partial charge on any atom is 0.327 e. The van der Waals surface area contributed by atoms with Gasteiger partial charge in [0.15, 0.2) is 11.5 Å². The van der Waals surface area contributed by atoms with Crippen LogP contribution in [-0.2, 0) is 40.3 Å². The van der Waals surface area contributed by atoms with Crippen LogP contribution in [0.25, 0.3) is 0 Å². The lowest BCUT2D eigenvalue weighted by atomic mass is 9.93. The number of carbonyl (C=O) groups is 4. The van der Waals surface area contributed by atoms with Crippen LogP contribution >= 0.6 is 0 Å². The van der Waals surface area contributed by atoms with E-state index in [0.717, 1.165) is 22.3 Å². The number of rotatable bonds is 7. The van der Waals surface area contributed by atoms with Gasteiger partial charge in [0.05, 0.1) is 14.2 Å². The van der Waals surface area contributed by atoms with Crippen molar-refractivity contribution in [3.8, 4) is 11.5 Å². The highest BCUT2D eigenvalue weighted by Crippen LogP contribution is 2.37.